The summed E-state index contributed by atoms with van der Waals surface area (Å²) in [6.07, 6.45) is 6.23. The standard InChI is InChI=1S/C19H31NO/c1-4-8-15(3)12-18(20-11-5-2)17-13-16-9-6-7-10-19(16)21-14-17/h6-7,9-10,15,17-18,20H,4-5,8,11-14H2,1-3H3. The highest BCUT2D eigenvalue weighted by molar-refractivity contribution is 5.35. The molecule has 0 aromatic heterocycles. The predicted octanol–water partition coefficient (Wildman–Crippen LogP) is 4.43. The van der Waals surface area contributed by atoms with Crippen LogP contribution in [0.3, 0.4) is 0 Å². The zero-order chi connectivity index (χ0) is 15.1. The molecule has 1 aliphatic heterocycles. The Hall–Kier alpha value is -1.02. The highest BCUT2D eigenvalue weighted by Gasteiger charge is 2.27. The first kappa shape index (κ1) is 16.4. The Kier molecular flexibility index (Phi) is 6.56. The molecule has 2 rings (SSSR count). The zero-order valence-corrected chi connectivity index (χ0v) is 13.9. The van der Waals surface area contributed by atoms with Crippen molar-refractivity contribution in [3.63, 3.8) is 0 Å². The van der Waals surface area contributed by atoms with Crippen LogP contribution in [0.15, 0.2) is 24.3 Å². The van der Waals surface area contributed by atoms with Crippen molar-refractivity contribution in [1.82, 2.24) is 5.32 Å². The fraction of sp³-hybridized carbons (Fsp3) is 0.684. The van der Waals surface area contributed by atoms with Crippen LogP contribution in [0, 0.1) is 11.8 Å². The molecule has 3 unspecified atom stereocenters. The van der Waals surface area contributed by atoms with Crippen molar-refractivity contribution in [3.05, 3.63) is 29.8 Å². The quantitative estimate of drug-likeness (QED) is 0.764. The van der Waals surface area contributed by atoms with Crippen molar-refractivity contribution in [1.29, 1.82) is 0 Å². The molecule has 0 aliphatic carbocycles. The maximum Gasteiger partial charge on any atom is 0.122 e. The van der Waals surface area contributed by atoms with Crippen molar-refractivity contribution >= 4 is 0 Å². The van der Waals surface area contributed by atoms with Crippen LogP contribution >= 0.6 is 0 Å². The average molecular weight is 289 g/mol. The first-order valence-electron chi connectivity index (χ1n) is 8.68. The van der Waals surface area contributed by atoms with Crippen molar-refractivity contribution in [3.8, 4) is 5.75 Å². The number of ether oxygens (including phenoxy) is 1. The van der Waals surface area contributed by atoms with Crippen LogP contribution in [-0.4, -0.2) is 19.2 Å². The lowest BCUT2D eigenvalue weighted by atomic mass is 9.84. The molecule has 21 heavy (non-hydrogen) atoms. The summed E-state index contributed by atoms with van der Waals surface area (Å²) in [4.78, 5) is 0. The molecule has 0 radical (unpaired) electrons. The van der Waals surface area contributed by atoms with E-state index in [4.69, 9.17) is 4.74 Å². The van der Waals surface area contributed by atoms with Gasteiger partial charge in [-0.25, -0.2) is 0 Å². The summed E-state index contributed by atoms with van der Waals surface area (Å²) >= 11 is 0. The Balaban J connectivity index is 2.00. The zero-order valence-electron chi connectivity index (χ0n) is 13.9. The molecule has 1 aliphatic rings. The predicted molar refractivity (Wildman–Crippen MR) is 89.9 cm³/mol. The Morgan fingerprint density at radius 2 is 2.05 bits per heavy atom. The van der Waals surface area contributed by atoms with Gasteiger partial charge in [-0.05, 0) is 43.4 Å². The smallest absolute Gasteiger partial charge is 0.122 e. The first-order chi connectivity index (χ1) is 10.2. The first-order valence-corrected chi connectivity index (χ1v) is 8.68. The molecule has 2 heteroatoms. The number of benzene rings is 1. The molecule has 0 fully saturated rings. The summed E-state index contributed by atoms with van der Waals surface area (Å²) in [6, 6.07) is 9.08. The van der Waals surface area contributed by atoms with Crippen LogP contribution in [0.4, 0.5) is 0 Å². The normalized spacial score (nSPS) is 20.4. The topological polar surface area (TPSA) is 21.3 Å². The van der Waals surface area contributed by atoms with E-state index in [9.17, 15) is 0 Å². The van der Waals surface area contributed by atoms with Crippen LogP contribution in [0.25, 0.3) is 0 Å². The van der Waals surface area contributed by atoms with E-state index in [1.54, 1.807) is 0 Å². The number of para-hydroxylation sites is 1. The average Bonchev–Trinajstić information content (AvgIpc) is 2.51. The van der Waals surface area contributed by atoms with Gasteiger partial charge < -0.3 is 10.1 Å². The van der Waals surface area contributed by atoms with Gasteiger partial charge in [0.05, 0.1) is 6.61 Å². The van der Waals surface area contributed by atoms with E-state index < -0.39 is 0 Å². The summed E-state index contributed by atoms with van der Waals surface area (Å²) in [6.45, 7) is 8.89. The summed E-state index contributed by atoms with van der Waals surface area (Å²) in [7, 11) is 0. The van der Waals surface area contributed by atoms with E-state index in [0.717, 1.165) is 31.2 Å². The van der Waals surface area contributed by atoms with Crippen LogP contribution in [0.5, 0.6) is 5.75 Å². The van der Waals surface area contributed by atoms with Crippen molar-refractivity contribution < 1.29 is 4.74 Å². The summed E-state index contributed by atoms with van der Waals surface area (Å²) in [5.74, 6) is 2.48. The van der Waals surface area contributed by atoms with Crippen molar-refractivity contribution in [2.45, 2.75) is 58.9 Å². The Morgan fingerprint density at radius 1 is 1.24 bits per heavy atom. The lowest BCUT2D eigenvalue weighted by molar-refractivity contribution is 0.169. The van der Waals surface area contributed by atoms with E-state index in [-0.39, 0.29) is 0 Å². The van der Waals surface area contributed by atoms with Crippen LogP contribution < -0.4 is 10.1 Å². The molecule has 0 saturated carbocycles. The maximum absolute atomic E-state index is 6.00. The molecule has 1 N–H and O–H groups in total. The summed E-state index contributed by atoms with van der Waals surface area (Å²) < 4.78 is 6.00. The molecule has 2 nitrogen and oxygen atoms in total. The highest BCUT2D eigenvalue weighted by atomic mass is 16.5. The number of nitrogens with one attached hydrogen (secondary N) is 1. The molecule has 0 spiro atoms. The van der Waals surface area contributed by atoms with E-state index >= 15 is 0 Å². The minimum absolute atomic E-state index is 0.583. The summed E-state index contributed by atoms with van der Waals surface area (Å²) in [5.41, 5.74) is 1.38. The molecule has 1 aromatic carbocycles. The Bertz CT molecular complexity index is 418. The van der Waals surface area contributed by atoms with Crippen LogP contribution in [0.2, 0.25) is 0 Å². The van der Waals surface area contributed by atoms with E-state index in [1.165, 1.54) is 31.2 Å². The van der Waals surface area contributed by atoms with Gasteiger partial charge in [-0.3, -0.25) is 0 Å². The Morgan fingerprint density at radius 3 is 2.81 bits per heavy atom. The molecule has 1 aromatic rings. The molecule has 0 bridgehead atoms. The maximum atomic E-state index is 6.00. The highest BCUT2D eigenvalue weighted by Crippen LogP contribution is 2.30. The van der Waals surface area contributed by atoms with Gasteiger partial charge in [-0.2, -0.15) is 0 Å². The van der Waals surface area contributed by atoms with Crippen LogP contribution in [0.1, 0.15) is 52.0 Å². The van der Waals surface area contributed by atoms with Gasteiger partial charge in [0.25, 0.3) is 0 Å². The van der Waals surface area contributed by atoms with Gasteiger partial charge in [-0.1, -0.05) is 51.8 Å². The lowest BCUT2D eigenvalue weighted by Gasteiger charge is -2.34. The van der Waals surface area contributed by atoms with E-state index in [1.807, 2.05) is 0 Å². The minimum Gasteiger partial charge on any atom is -0.493 e. The van der Waals surface area contributed by atoms with Gasteiger partial charge >= 0.3 is 0 Å². The third-order valence-corrected chi connectivity index (χ3v) is 4.57. The molecular weight excluding hydrogens is 258 g/mol. The molecule has 3 atom stereocenters. The van der Waals surface area contributed by atoms with Gasteiger partial charge in [0, 0.05) is 12.0 Å². The van der Waals surface area contributed by atoms with E-state index in [0.29, 0.717) is 12.0 Å². The third kappa shape index (κ3) is 4.74. The molecule has 0 amide bonds. The van der Waals surface area contributed by atoms with Gasteiger partial charge in [0.15, 0.2) is 0 Å². The molecule has 1 heterocycles. The lowest BCUT2D eigenvalue weighted by Crippen LogP contribution is -2.43. The van der Waals surface area contributed by atoms with Crippen molar-refractivity contribution in [2.24, 2.45) is 11.8 Å². The van der Waals surface area contributed by atoms with Gasteiger partial charge in [-0.15, -0.1) is 0 Å². The number of hydrogen-bond donors (Lipinski definition) is 1. The number of rotatable bonds is 8. The monoisotopic (exact) mass is 289 g/mol. The van der Waals surface area contributed by atoms with Gasteiger partial charge in [0.1, 0.15) is 5.75 Å². The number of fused-ring (bicyclic) bond motifs is 1. The second kappa shape index (κ2) is 8.43. The number of hydrogen-bond acceptors (Lipinski definition) is 2. The Labute approximate surface area is 130 Å². The largest absolute Gasteiger partial charge is 0.493 e. The SMILES string of the molecule is CCCNC(CC(C)CCC)C1COc2ccccc2C1. The van der Waals surface area contributed by atoms with Gasteiger partial charge in [0.2, 0.25) is 0 Å². The third-order valence-electron chi connectivity index (χ3n) is 4.57. The van der Waals surface area contributed by atoms with Crippen LogP contribution in [-0.2, 0) is 6.42 Å². The fourth-order valence-electron chi connectivity index (χ4n) is 3.43. The second-order valence-corrected chi connectivity index (χ2v) is 6.57. The summed E-state index contributed by atoms with van der Waals surface area (Å²) in [5, 5.41) is 3.78. The van der Waals surface area contributed by atoms with E-state index in [2.05, 4.69) is 50.4 Å². The minimum atomic E-state index is 0.583. The second-order valence-electron chi connectivity index (χ2n) is 6.57. The molecule has 118 valence electrons. The molecular formula is C19H31NO. The van der Waals surface area contributed by atoms with Crippen molar-refractivity contribution in [2.75, 3.05) is 13.2 Å². The fourth-order valence-corrected chi connectivity index (χ4v) is 3.43. The molecule has 0 saturated heterocycles.